The van der Waals surface area contributed by atoms with Crippen LogP contribution in [0.3, 0.4) is 0 Å². The lowest BCUT2D eigenvalue weighted by molar-refractivity contribution is 0.264. The van der Waals surface area contributed by atoms with Crippen LogP contribution in [0.15, 0.2) is 36.4 Å². The molecule has 0 bridgehead atoms. The maximum atomic E-state index is 8.90. The van der Waals surface area contributed by atoms with E-state index in [2.05, 4.69) is 6.92 Å². The van der Waals surface area contributed by atoms with Gasteiger partial charge in [-0.15, -0.1) is 0 Å². The Morgan fingerprint density at radius 3 is 2.67 bits per heavy atom. The Hall–Kier alpha value is -1.28. The fraction of sp³-hybridized carbons (Fsp3) is 0.385. The van der Waals surface area contributed by atoms with Crippen molar-refractivity contribution >= 4 is 5.76 Å². The monoisotopic (exact) mass is 206 g/mol. The van der Waals surface area contributed by atoms with Crippen LogP contribution in [0.4, 0.5) is 0 Å². The van der Waals surface area contributed by atoms with Gasteiger partial charge in [-0.1, -0.05) is 43.7 Å². The number of hydrogen-bond donors (Lipinski definition) is 1. The third kappa shape index (κ3) is 4.17. The first-order chi connectivity index (χ1) is 7.38. The van der Waals surface area contributed by atoms with Crippen molar-refractivity contribution < 1.29 is 9.84 Å². The highest BCUT2D eigenvalue weighted by Crippen LogP contribution is 2.15. The van der Waals surface area contributed by atoms with Crippen molar-refractivity contribution in [1.82, 2.24) is 0 Å². The molecule has 82 valence electrons. The Balaban J connectivity index is 2.63. The Labute approximate surface area is 91.2 Å². The van der Waals surface area contributed by atoms with Crippen molar-refractivity contribution in [2.45, 2.75) is 19.8 Å². The fourth-order valence-corrected chi connectivity index (χ4v) is 1.27. The summed E-state index contributed by atoms with van der Waals surface area (Å²) in [6.45, 7) is 2.84. The van der Waals surface area contributed by atoms with Gasteiger partial charge < -0.3 is 9.84 Å². The molecule has 2 heteroatoms. The molecule has 0 radical (unpaired) electrons. The number of unbranched alkanes of at least 4 members (excludes halogenated alkanes) is 1. The van der Waals surface area contributed by atoms with Gasteiger partial charge in [-0.05, 0) is 12.5 Å². The Kier molecular flexibility index (Phi) is 5.56. The minimum absolute atomic E-state index is 0.0103. The summed E-state index contributed by atoms with van der Waals surface area (Å²) in [5.74, 6) is 0.770. The van der Waals surface area contributed by atoms with Crippen LogP contribution in [-0.4, -0.2) is 18.3 Å². The van der Waals surface area contributed by atoms with Gasteiger partial charge in [-0.2, -0.15) is 0 Å². The Morgan fingerprint density at radius 1 is 1.33 bits per heavy atom. The highest BCUT2D eigenvalue weighted by atomic mass is 16.5. The highest BCUT2D eigenvalue weighted by Gasteiger charge is 2.00. The van der Waals surface area contributed by atoms with E-state index in [-0.39, 0.29) is 6.61 Å². The smallest absolute Gasteiger partial charge is 0.124 e. The van der Waals surface area contributed by atoms with E-state index in [1.807, 2.05) is 30.3 Å². The Morgan fingerprint density at radius 2 is 2.07 bits per heavy atom. The van der Waals surface area contributed by atoms with E-state index in [0.717, 1.165) is 24.2 Å². The minimum Gasteiger partial charge on any atom is -0.493 e. The summed E-state index contributed by atoms with van der Waals surface area (Å²) in [7, 11) is 0. The predicted octanol–water partition coefficient (Wildman–Crippen LogP) is 2.84. The molecule has 1 N–H and O–H groups in total. The molecule has 0 aliphatic rings. The molecule has 0 aliphatic carbocycles. The van der Waals surface area contributed by atoms with Crippen molar-refractivity contribution in [3.05, 3.63) is 42.0 Å². The predicted molar refractivity (Wildman–Crippen MR) is 62.4 cm³/mol. The maximum Gasteiger partial charge on any atom is 0.124 e. The lowest BCUT2D eigenvalue weighted by Gasteiger charge is -2.09. The summed E-state index contributed by atoms with van der Waals surface area (Å²) in [5, 5.41) is 8.90. The molecule has 0 aromatic heterocycles. The van der Waals surface area contributed by atoms with Gasteiger partial charge in [0, 0.05) is 5.56 Å². The van der Waals surface area contributed by atoms with Crippen molar-refractivity contribution in [3.63, 3.8) is 0 Å². The molecule has 0 aliphatic heterocycles. The summed E-state index contributed by atoms with van der Waals surface area (Å²) < 4.78 is 5.61. The molecule has 1 aromatic carbocycles. The van der Waals surface area contributed by atoms with Crippen LogP contribution in [0.1, 0.15) is 25.3 Å². The van der Waals surface area contributed by atoms with Crippen LogP contribution in [0.5, 0.6) is 0 Å². The van der Waals surface area contributed by atoms with E-state index in [1.54, 1.807) is 6.08 Å². The van der Waals surface area contributed by atoms with Crippen LogP contribution in [0.25, 0.3) is 5.76 Å². The molecule has 0 saturated carbocycles. The van der Waals surface area contributed by atoms with Gasteiger partial charge in [0.1, 0.15) is 5.76 Å². The normalized spacial score (nSPS) is 11.5. The zero-order chi connectivity index (χ0) is 10.9. The van der Waals surface area contributed by atoms with Gasteiger partial charge in [-0.3, -0.25) is 0 Å². The summed E-state index contributed by atoms with van der Waals surface area (Å²) in [6.07, 6.45) is 3.85. The van der Waals surface area contributed by atoms with Crippen molar-refractivity contribution in [2.24, 2.45) is 0 Å². The van der Waals surface area contributed by atoms with Gasteiger partial charge in [0.2, 0.25) is 0 Å². The number of aliphatic hydroxyl groups is 1. The molecule has 1 aromatic rings. The summed E-state index contributed by atoms with van der Waals surface area (Å²) in [6, 6.07) is 9.85. The van der Waals surface area contributed by atoms with E-state index < -0.39 is 0 Å². The van der Waals surface area contributed by atoms with Gasteiger partial charge in [0.15, 0.2) is 0 Å². The summed E-state index contributed by atoms with van der Waals surface area (Å²) in [4.78, 5) is 0. The third-order valence-electron chi connectivity index (χ3n) is 2.09. The number of aliphatic hydroxyl groups excluding tert-OH is 1. The molecule has 2 nitrogen and oxygen atoms in total. The van der Waals surface area contributed by atoms with E-state index in [1.165, 1.54) is 0 Å². The molecule has 1 rings (SSSR count). The second-order valence-electron chi connectivity index (χ2n) is 3.32. The number of benzene rings is 1. The lowest BCUT2D eigenvalue weighted by Crippen LogP contribution is -1.95. The maximum absolute atomic E-state index is 8.90. The summed E-state index contributed by atoms with van der Waals surface area (Å²) >= 11 is 0. The average molecular weight is 206 g/mol. The van der Waals surface area contributed by atoms with Crippen LogP contribution in [-0.2, 0) is 4.74 Å². The fourth-order valence-electron chi connectivity index (χ4n) is 1.27. The third-order valence-corrected chi connectivity index (χ3v) is 2.09. The van der Waals surface area contributed by atoms with E-state index in [4.69, 9.17) is 9.84 Å². The molecule has 0 saturated heterocycles. The van der Waals surface area contributed by atoms with Crippen LogP contribution >= 0.6 is 0 Å². The molecule has 0 heterocycles. The van der Waals surface area contributed by atoms with Crippen molar-refractivity contribution in [2.75, 3.05) is 13.2 Å². The number of ether oxygens (including phenoxy) is 1. The summed E-state index contributed by atoms with van der Waals surface area (Å²) in [5.41, 5.74) is 1.02. The van der Waals surface area contributed by atoms with Crippen LogP contribution < -0.4 is 0 Å². The quantitative estimate of drug-likeness (QED) is 0.573. The van der Waals surface area contributed by atoms with Gasteiger partial charge in [-0.25, -0.2) is 0 Å². The zero-order valence-electron chi connectivity index (χ0n) is 9.15. The second kappa shape index (κ2) is 7.07. The van der Waals surface area contributed by atoms with Crippen LogP contribution in [0, 0.1) is 0 Å². The molecule has 0 fully saturated rings. The first-order valence-electron chi connectivity index (χ1n) is 5.37. The van der Waals surface area contributed by atoms with Gasteiger partial charge >= 0.3 is 0 Å². The van der Waals surface area contributed by atoms with E-state index in [0.29, 0.717) is 6.61 Å². The number of hydrogen-bond acceptors (Lipinski definition) is 2. The van der Waals surface area contributed by atoms with Crippen LogP contribution in [0.2, 0.25) is 0 Å². The first kappa shape index (κ1) is 11.8. The number of rotatable bonds is 6. The van der Waals surface area contributed by atoms with E-state index in [9.17, 15) is 0 Å². The molecule has 0 spiro atoms. The SMILES string of the molecule is CCCCOC(=CCO)c1ccccc1. The van der Waals surface area contributed by atoms with E-state index >= 15 is 0 Å². The molecule has 15 heavy (non-hydrogen) atoms. The molecule has 0 atom stereocenters. The van der Waals surface area contributed by atoms with Gasteiger partial charge in [0.25, 0.3) is 0 Å². The Bertz CT molecular complexity index is 291. The van der Waals surface area contributed by atoms with Crippen molar-refractivity contribution in [1.29, 1.82) is 0 Å². The zero-order valence-corrected chi connectivity index (χ0v) is 9.15. The molecule has 0 amide bonds. The largest absolute Gasteiger partial charge is 0.493 e. The standard InChI is InChI=1S/C13H18O2/c1-2-3-11-15-13(9-10-14)12-7-5-4-6-8-12/h4-9,14H,2-3,10-11H2,1H3. The molecule has 0 unspecified atom stereocenters. The topological polar surface area (TPSA) is 29.5 Å². The highest BCUT2D eigenvalue weighted by molar-refractivity contribution is 5.59. The first-order valence-corrected chi connectivity index (χ1v) is 5.37. The molecular weight excluding hydrogens is 188 g/mol. The lowest BCUT2D eigenvalue weighted by atomic mass is 10.2. The minimum atomic E-state index is 0.0103. The average Bonchev–Trinajstić information content (AvgIpc) is 2.29. The second-order valence-corrected chi connectivity index (χ2v) is 3.32. The van der Waals surface area contributed by atoms with Crippen molar-refractivity contribution in [3.8, 4) is 0 Å². The van der Waals surface area contributed by atoms with Gasteiger partial charge in [0.05, 0.1) is 13.2 Å². The molecular formula is C13H18O2.